The summed E-state index contributed by atoms with van der Waals surface area (Å²) in [5, 5.41) is 0. The molecule has 0 heterocycles. The van der Waals surface area contributed by atoms with E-state index < -0.39 is 5.60 Å². The molecule has 0 amide bonds. The monoisotopic (exact) mass is 136 g/mol. The van der Waals surface area contributed by atoms with Gasteiger partial charge in [0.25, 0.3) is 0 Å². The number of methoxy groups -OCH3 is 1. The third-order valence-electron chi connectivity index (χ3n) is 1.60. The molecular formula is C6H13FO2. The van der Waals surface area contributed by atoms with Crippen molar-refractivity contribution in [3.05, 3.63) is 0 Å². The van der Waals surface area contributed by atoms with Crippen molar-refractivity contribution >= 4 is 0 Å². The van der Waals surface area contributed by atoms with Crippen molar-refractivity contribution in [3.63, 3.8) is 0 Å². The molecule has 0 aliphatic carbocycles. The average Bonchev–Trinajstić information content (AvgIpc) is 1.89. The summed E-state index contributed by atoms with van der Waals surface area (Å²) < 4.78 is 16.2. The molecule has 0 saturated carbocycles. The van der Waals surface area contributed by atoms with Gasteiger partial charge in [0.05, 0.1) is 5.60 Å². The van der Waals surface area contributed by atoms with E-state index in [0.717, 1.165) is 6.42 Å². The molecule has 3 heteroatoms. The first kappa shape index (κ1) is 8.85. The second kappa shape index (κ2) is 3.80. The smallest absolute Gasteiger partial charge is 0.116 e. The number of hydrogen-bond donors (Lipinski definition) is 0. The van der Waals surface area contributed by atoms with Crippen molar-refractivity contribution < 1.29 is 14.2 Å². The van der Waals surface area contributed by atoms with E-state index in [1.165, 1.54) is 0 Å². The number of rotatable bonds is 4. The first-order valence-electron chi connectivity index (χ1n) is 2.97. The van der Waals surface area contributed by atoms with Gasteiger partial charge in [-0.25, -0.2) is 0 Å². The number of hydrogen-bond acceptors (Lipinski definition) is 2. The highest BCUT2D eigenvalue weighted by molar-refractivity contribution is 4.70. The van der Waals surface area contributed by atoms with Gasteiger partial charge in [-0.3, -0.25) is 0 Å². The summed E-state index contributed by atoms with van der Waals surface area (Å²) in [5.41, 5.74) is -0.464. The van der Waals surface area contributed by atoms with Crippen LogP contribution < -0.4 is 0 Å². The Bertz CT molecular complexity index is 71.5. The highest BCUT2D eigenvalue weighted by Crippen LogP contribution is 2.13. The number of halogens is 1. The molecule has 0 aromatic rings. The highest BCUT2D eigenvalue weighted by Gasteiger charge is 2.21. The lowest BCUT2D eigenvalue weighted by molar-refractivity contribution is -0.188. The third kappa shape index (κ3) is 2.77. The molecule has 1 unspecified atom stereocenters. The van der Waals surface area contributed by atoms with Crippen molar-refractivity contribution in [2.45, 2.75) is 25.9 Å². The zero-order chi connectivity index (χ0) is 7.33. The Balaban J connectivity index is 3.62. The van der Waals surface area contributed by atoms with Gasteiger partial charge in [0.1, 0.15) is 6.61 Å². The van der Waals surface area contributed by atoms with Gasteiger partial charge in [-0.05, 0) is 17.9 Å². The third-order valence-corrected chi connectivity index (χ3v) is 1.60. The maximum absolute atomic E-state index is 11.3. The Hall–Kier alpha value is -0.150. The standard InChI is InChI=1S/C6H13FO2/c1-4-6(2,8-3)5-9-7/h4-5H2,1-3H3. The van der Waals surface area contributed by atoms with Crippen LogP contribution in [0.4, 0.5) is 4.53 Å². The highest BCUT2D eigenvalue weighted by atomic mass is 19.3. The van der Waals surface area contributed by atoms with E-state index in [1.54, 1.807) is 14.0 Å². The van der Waals surface area contributed by atoms with E-state index in [4.69, 9.17) is 4.74 Å². The van der Waals surface area contributed by atoms with Crippen molar-refractivity contribution in [3.8, 4) is 0 Å². The molecule has 0 spiro atoms. The molecule has 2 nitrogen and oxygen atoms in total. The maximum Gasteiger partial charge on any atom is 0.116 e. The van der Waals surface area contributed by atoms with Gasteiger partial charge in [0.15, 0.2) is 0 Å². The first-order chi connectivity index (χ1) is 4.18. The summed E-state index contributed by atoms with van der Waals surface area (Å²) in [7, 11) is 1.54. The van der Waals surface area contributed by atoms with Crippen molar-refractivity contribution in [1.82, 2.24) is 0 Å². The van der Waals surface area contributed by atoms with E-state index in [2.05, 4.69) is 4.94 Å². The van der Waals surface area contributed by atoms with Crippen LogP contribution in [-0.2, 0) is 9.68 Å². The normalized spacial score (nSPS) is 17.3. The molecule has 0 aromatic heterocycles. The molecule has 0 bridgehead atoms. The Labute approximate surface area is 54.9 Å². The predicted octanol–water partition coefficient (Wildman–Crippen LogP) is 1.70. The van der Waals surface area contributed by atoms with Crippen LogP contribution in [0.3, 0.4) is 0 Å². The van der Waals surface area contributed by atoms with Gasteiger partial charge in [0, 0.05) is 7.11 Å². The molecule has 0 radical (unpaired) electrons. The molecule has 9 heavy (non-hydrogen) atoms. The quantitative estimate of drug-likeness (QED) is 0.585. The van der Waals surface area contributed by atoms with Gasteiger partial charge < -0.3 is 4.74 Å². The van der Waals surface area contributed by atoms with Crippen molar-refractivity contribution in [2.75, 3.05) is 13.7 Å². The van der Waals surface area contributed by atoms with Gasteiger partial charge in [-0.15, -0.1) is 0 Å². The number of ether oxygens (including phenoxy) is 1. The second-order valence-electron chi connectivity index (χ2n) is 2.26. The molecule has 56 valence electrons. The van der Waals surface area contributed by atoms with Crippen LogP contribution in [0.1, 0.15) is 20.3 Å². The topological polar surface area (TPSA) is 18.5 Å². The van der Waals surface area contributed by atoms with E-state index >= 15 is 0 Å². The predicted molar refractivity (Wildman–Crippen MR) is 32.8 cm³/mol. The Morgan fingerprint density at radius 3 is 2.22 bits per heavy atom. The van der Waals surface area contributed by atoms with E-state index in [-0.39, 0.29) is 6.61 Å². The van der Waals surface area contributed by atoms with Gasteiger partial charge in [-0.1, -0.05) is 6.92 Å². The summed E-state index contributed by atoms with van der Waals surface area (Å²) in [5.74, 6) is 0. The molecule has 0 saturated heterocycles. The summed E-state index contributed by atoms with van der Waals surface area (Å²) in [6, 6.07) is 0. The van der Waals surface area contributed by atoms with Crippen molar-refractivity contribution in [2.24, 2.45) is 0 Å². The first-order valence-corrected chi connectivity index (χ1v) is 2.97. The summed E-state index contributed by atoms with van der Waals surface area (Å²) in [4.78, 5) is 3.46. The van der Waals surface area contributed by atoms with E-state index in [1.807, 2.05) is 6.92 Å². The summed E-state index contributed by atoms with van der Waals surface area (Å²) in [6.07, 6.45) is 0.743. The van der Waals surface area contributed by atoms with E-state index in [9.17, 15) is 4.53 Å². The van der Waals surface area contributed by atoms with Gasteiger partial charge in [-0.2, -0.15) is 4.94 Å². The lowest BCUT2D eigenvalue weighted by atomic mass is 10.1. The Morgan fingerprint density at radius 1 is 1.56 bits per heavy atom. The fourth-order valence-electron chi connectivity index (χ4n) is 0.421. The molecular weight excluding hydrogens is 123 g/mol. The van der Waals surface area contributed by atoms with E-state index in [0.29, 0.717) is 0 Å². The van der Waals surface area contributed by atoms with Crippen LogP contribution in [0.15, 0.2) is 0 Å². The maximum atomic E-state index is 11.3. The lowest BCUT2D eigenvalue weighted by Gasteiger charge is -2.23. The van der Waals surface area contributed by atoms with Crippen LogP contribution in [0.2, 0.25) is 0 Å². The van der Waals surface area contributed by atoms with Gasteiger partial charge in [0.2, 0.25) is 0 Å². The van der Waals surface area contributed by atoms with Crippen LogP contribution in [0.25, 0.3) is 0 Å². The molecule has 0 N–H and O–H groups in total. The molecule has 0 fully saturated rings. The SMILES string of the molecule is CCC(C)(COF)OC. The fraction of sp³-hybridized carbons (Fsp3) is 1.00. The van der Waals surface area contributed by atoms with Crippen LogP contribution in [0.5, 0.6) is 0 Å². The zero-order valence-corrected chi connectivity index (χ0v) is 6.11. The largest absolute Gasteiger partial charge is 0.376 e. The second-order valence-corrected chi connectivity index (χ2v) is 2.26. The van der Waals surface area contributed by atoms with Gasteiger partial charge >= 0.3 is 0 Å². The fourth-order valence-corrected chi connectivity index (χ4v) is 0.421. The van der Waals surface area contributed by atoms with Crippen LogP contribution >= 0.6 is 0 Å². The molecule has 1 atom stereocenters. The zero-order valence-electron chi connectivity index (χ0n) is 6.11. The minimum absolute atomic E-state index is 0. The Morgan fingerprint density at radius 2 is 2.11 bits per heavy atom. The van der Waals surface area contributed by atoms with Crippen LogP contribution in [0, 0.1) is 0 Å². The molecule has 0 aliphatic rings. The minimum Gasteiger partial charge on any atom is -0.376 e. The Kier molecular flexibility index (Phi) is 3.73. The van der Waals surface area contributed by atoms with Crippen LogP contribution in [-0.4, -0.2) is 19.3 Å². The lowest BCUT2D eigenvalue weighted by Crippen LogP contribution is -2.31. The minimum atomic E-state index is -0.464. The summed E-state index contributed by atoms with van der Waals surface area (Å²) in [6.45, 7) is 3.72. The van der Waals surface area contributed by atoms with Crippen molar-refractivity contribution in [1.29, 1.82) is 0 Å². The molecule has 0 aliphatic heterocycles. The molecule has 0 rings (SSSR count). The average molecular weight is 136 g/mol. The summed E-state index contributed by atoms with van der Waals surface area (Å²) >= 11 is 0. The molecule has 0 aromatic carbocycles.